The lowest BCUT2D eigenvalue weighted by Crippen LogP contribution is -2.12. The van der Waals surface area contributed by atoms with E-state index in [0.717, 1.165) is 6.54 Å². The lowest BCUT2D eigenvalue weighted by molar-refractivity contribution is 0.764. The second kappa shape index (κ2) is 5.63. The first-order valence-electron chi connectivity index (χ1n) is 4.07. The summed E-state index contributed by atoms with van der Waals surface area (Å²) in [7, 11) is 0. The summed E-state index contributed by atoms with van der Waals surface area (Å²) in [6.45, 7) is 1.17. The van der Waals surface area contributed by atoms with Crippen LogP contribution in [0.4, 0.5) is 0 Å². The zero-order valence-electron chi connectivity index (χ0n) is 7.58. The maximum Gasteiger partial charge on any atom is 0.0843 e. The van der Waals surface area contributed by atoms with E-state index in [0.29, 0.717) is 6.54 Å². The number of benzene rings is 1. The monoisotopic (exact) mass is 192 g/mol. The van der Waals surface area contributed by atoms with Crippen LogP contribution in [0, 0.1) is 11.3 Å². The lowest BCUT2D eigenvalue weighted by atomic mass is 10.2. The van der Waals surface area contributed by atoms with Gasteiger partial charge in [0.2, 0.25) is 0 Å². The highest BCUT2D eigenvalue weighted by atomic mass is 32.2. The van der Waals surface area contributed by atoms with Crippen LogP contribution in [0.3, 0.4) is 0 Å². The molecule has 3 heteroatoms. The first-order chi connectivity index (χ1) is 6.36. The number of thioether (sulfide) groups is 1. The third-order valence-corrected chi connectivity index (χ3v) is 2.39. The summed E-state index contributed by atoms with van der Waals surface area (Å²) in [6.07, 6.45) is 2.06. The van der Waals surface area contributed by atoms with Gasteiger partial charge in [-0.3, -0.25) is 0 Å². The summed E-state index contributed by atoms with van der Waals surface area (Å²) in [5.74, 6) is 0. The molecule has 0 amide bonds. The van der Waals surface area contributed by atoms with Crippen LogP contribution in [0.1, 0.15) is 5.56 Å². The molecule has 0 bridgehead atoms. The molecule has 1 aromatic rings. The molecule has 0 radical (unpaired) electrons. The number of nitrogens with one attached hydrogen (secondary N) is 1. The minimum absolute atomic E-state index is 0.406. The van der Waals surface area contributed by atoms with Gasteiger partial charge >= 0.3 is 0 Å². The fraction of sp³-hybridized carbons (Fsp3) is 0.300. The van der Waals surface area contributed by atoms with E-state index in [-0.39, 0.29) is 0 Å². The Bertz CT molecular complexity index is 304. The minimum atomic E-state index is 0.406. The van der Waals surface area contributed by atoms with Crippen LogP contribution >= 0.6 is 11.8 Å². The number of hydrogen-bond donors (Lipinski definition) is 1. The lowest BCUT2D eigenvalue weighted by Gasteiger charge is -2.02. The smallest absolute Gasteiger partial charge is 0.0843 e. The molecule has 0 aromatic heterocycles. The summed E-state index contributed by atoms with van der Waals surface area (Å²) < 4.78 is 0. The maximum absolute atomic E-state index is 8.33. The summed E-state index contributed by atoms with van der Waals surface area (Å²) in [4.78, 5) is 1.26. The van der Waals surface area contributed by atoms with Crippen LogP contribution in [-0.4, -0.2) is 12.8 Å². The van der Waals surface area contributed by atoms with E-state index in [1.165, 1.54) is 10.5 Å². The highest BCUT2D eigenvalue weighted by Crippen LogP contribution is 2.15. The number of nitrogens with zero attached hydrogens (tertiary/aromatic N) is 1. The molecule has 1 N–H and O–H groups in total. The van der Waals surface area contributed by atoms with Crippen LogP contribution in [0.25, 0.3) is 0 Å². The molecule has 0 unspecified atom stereocenters. The minimum Gasteiger partial charge on any atom is -0.300 e. The fourth-order valence-electron chi connectivity index (χ4n) is 1.05. The third-order valence-electron chi connectivity index (χ3n) is 1.67. The second-order valence-electron chi connectivity index (χ2n) is 2.61. The van der Waals surface area contributed by atoms with E-state index in [9.17, 15) is 0 Å². The molecule has 0 aliphatic heterocycles. The molecule has 2 nitrogen and oxygen atoms in total. The number of nitriles is 1. The van der Waals surface area contributed by atoms with Gasteiger partial charge in [0, 0.05) is 11.4 Å². The van der Waals surface area contributed by atoms with Crippen molar-refractivity contribution < 1.29 is 0 Å². The van der Waals surface area contributed by atoms with Crippen molar-refractivity contribution in [2.24, 2.45) is 0 Å². The highest BCUT2D eigenvalue weighted by Gasteiger charge is 1.93. The molecule has 0 spiro atoms. The fourth-order valence-corrected chi connectivity index (χ4v) is 1.53. The van der Waals surface area contributed by atoms with Gasteiger partial charge in [-0.2, -0.15) is 5.26 Å². The Balaban J connectivity index is 2.52. The predicted octanol–water partition coefficient (Wildman–Crippen LogP) is 2.02. The molecule has 13 heavy (non-hydrogen) atoms. The molecule has 0 atom stereocenters. The SMILES string of the molecule is CSc1cccc(CNCC#N)c1. The van der Waals surface area contributed by atoms with Crippen molar-refractivity contribution in [2.75, 3.05) is 12.8 Å². The first kappa shape index (κ1) is 10.1. The van der Waals surface area contributed by atoms with Crippen LogP contribution in [0.2, 0.25) is 0 Å². The molecule has 0 heterocycles. The van der Waals surface area contributed by atoms with Crippen molar-refractivity contribution in [3.05, 3.63) is 29.8 Å². The Labute approximate surface area is 83.0 Å². The van der Waals surface area contributed by atoms with Crippen LogP contribution in [0.5, 0.6) is 0 Å². The second-order valence-corrected chi connectivity index (χ2v) is 3.49. The Morgan fingerprint density at radius 1 is 1.54 bits per heavy atom. The van der Waals surface area contributed by atoms with Gasteiger partial charge in [-0.1, -0.05) is 12.1 Å². The van der Waals surface area contributed by atoms with Gasteiger partial charge in [0.25, 0.3) is 0 Å². The van der Waals surface area contributed by atoms with Gasteiger partial charge in [0.1, 0.15) is 0 Å². The zero-order valence-corrected chi connectivity index (χ0v) is 8.40. The quantitative estimate of drug-likeness (QED) is 0.450. The van der Waals surface area contributed by atoms with Crippen molar-refractivity contribution in [1.29, 1.82) is 5.26 Å². The molecule has 1 rings (SSSR count). The molecule has 0 aliphatic carbocycles. The third kappa shape index (κ3) is 3.49. The van der Waals surface area contributed by atoms with Gasteiger partial charge < -0.3 is 5.32 Å². The van der Waals surface area contributed by atoms with Crippen molar-refractivity contribution in [1.82, 2.24) is 5.32 Å². The van der Waals surface area contributed by atoms with Crippen molar-refractivity contribution >= 4 is 11.8 Å². The Kier molecular flexibility index (Phi) is 4.37. The molecule has 0 saturated carbocycles. The Morgan fingerprint density at radius 3 is 3.08 bits per heavy atom. The van der Waals surface area contributed by atoms with Gasteiger partial charge in [0.05, 0.1) is 12.6 Å². The molecule has 0 aliphatic rings. The van der Waals surface area contributed by atoms with Gasteiger partial charge in [-0.15, -0.1) is 11.8 Å². The molecular weight excluding hydrogens is 180 g/mol. The van der Waals surface area contributed by atoms with Crippen LogP contribution < -0.4 is 5.32 Å². The van der Waals surface area contributed by atoms with Crippen LogP contribution in [0.15, 0.2) is 29.2 Å². The maximum atomic E-state index is 8.33. The van der Waals surface area contributed by atoms with E-state index in [1.54, 1.807) is 11.8 Å². The van der Waals surface area contributed by atoms with E-state index in [1.807, 2.05) is 6.07 Å². The number of hydrogen-bond acceptors (Lipinski definition) is 3. The normalized spacial score (nSPS) is 9.54. The first-order valence-corrected chi connectivity index (χ1v) is 5.30. The summed E-state index contributed by atoms with van der Waals surface area (Å²) in [5.41, 5.74) is 1.22. The summed E-state index contributed by atoms with van der Waals surface area (Å²) >= 11 is 1.73. The standard InChI is InChI=1S/C10H12N2S/c1-13-10-4-2-3-9(7-10)8-12-6-5-11/h2-4,7,12H,6,8H2,1H3. The molecule has 0 fully saturated rings. The molecular formula is C10H12N2S. The average Bonchev–Trinajstić information content (AvgIpc) is 2.19. The van der Waals surface area contributed by atoms with Gasteiger partial charge in [-0.25, -0.2) is 0 Å². The molecule has 68 valence electrons. The largest absolute Gasteiger partial charge is 0.300 e. The van der Waals surface area contributed by atoms with Crippen LogP contribution in [-0.2, 0) is 6.54 Å². The topological polar surface area (TPSA) is 35.8 Å². The van der Waals surface area contributed by atoms with Crippen molar-refractivity contribution in [3.63, 3.8) is 0 Å². The van der Waals surface area contributed by atoms with Gasteiger partial charge in [0.15, 0.2) is 0 Å². The van der Waals surface area contributed by atoms with E-state index in [4.69, 9.17) is 5.26 Å². The number of rotatable bonds is 4. The molecule has 1 aromatic carbocycles. The highest BCUT2D eigenvalue weighted by molar-refractivity contribution is 7.98. The Morgan fingerprint density at radius 2 is 2.38 bits per heavy atom. The Hall–Kier alpha value is -0.980. The average molecular weight is 192 g/mol. The van der Waals surface area contributed by atoms with Crippen molar-refractivity contribution in [3.8, 4) is 6.07 Å². The van der Waals surface area contributed by atoms with E-state index < -0.39 is 0 Å². The van der Waals surface area contributed by atoms with E-state index in [2.05, 4.69) is 35.8 Å². The molecule has 0 saturated heterocycles. The van der Waals surface area contributed by atoms with E-state index >= 15 is 0 Å². The summed E-state index contributed by atoms with van der Waals surface area (Å²) in [6, 6.07) is 10.4. The predicted molar refractivity (Wildman–Crippen MR) is 55.5 cm³/mol. The van der Waals surface area contributed by atoms with Gasteiger partial charge in [-0.05, 0) is 24.0 Å². The zero-order chi connectivity index (χ0) is 9.52. The summed E-state index contributed by atoms with van der Waals surface area (Å²) in [5, 5.41) is 11.4. The van der Waals surface area contributed by atoms with Crippen molar-refractivity contribution in [2.45, 2.75) is 11.4 Å².